The number of hydrogen-bond acceptors (Lipinski definition) is 4. The van der Waals surface area contributed by atoms with Crippen molar-refractivity contribution in [1.82, 2.24) is 19.3 Å². The molecule has 0 amide bonds. The number of aromatic nitrogens is 4. The third kappa shape index (κ3) is 2.63. The summed E-state index contributed by atoms with van der Waals surface area (Å²) in [6, 6.07) is 2.82. The van der Waals surface area contributed by atoms with Crippen molar-refractivity contribution in [2.24, 2.45) is 0 Å². The average molecular weight is 353 g/mol. The molecule has 0 bridgehead atoms. The van der Waals surface area contributed by atoms with Crippen molar-refractivity contribution in [2.45, 2.75) is 31.8 Å². The minimum atomic E-state index is -0.987. The first kappa shape index (κ1) is 14.0. The van der Waals surface area contributed by atoms with Crippen LogP contribution in [-0.2, 0) is 17.8 Å². The van der Waals surface area contributed by atoms with Crippen molar-refractivity contribution >= 4 is 21.9 Å². The number of aliphatic carboxylic acids is 1. The molecular formula is C13H13BrN4O3. The zero-order chi connectivity index (χ0) is 15.0. The Hall–Kier alpha value is -1.96. The first-order valence-electron chi connectivity index (χ1n) is 6.57. The Labute approximate surface area is 128 Å². The Bertz CT molecular complexity index is 735. The van der Waals surface area contributed by atoms with Gasteiger partial charge in [0.1, 0.15) is 11.9 Å². The molecular weight excluding hydrogens is 340 g/mol. The highest BCUT2D eigenvalue weighted by Crippen LogP contribution is 2.21. The summed E-state index contributed by atoms with van der Waals surface area (Å²) >= 11 is 3.30. The van der Waals surface area contributed by atoms with Crippen LogP contribution in [0.25, 0.3) is 0 Å². The number of aryl methyl sites for hydroxylation is 1. The van der Waals surface area contributed by atoms with Gasteiger partial charge >= 0.3 is 11.7 Å². The maximum Gasteiger partial charge on any atom is 0.347 e. The van der Waals surface area contributed by atoms with Crippen LogP contribution in [0.1, 0.15) is 30.4 Å². The van der Waals surface area contributed by atoms with Crippen LogP contribution in [0.3, 0.4) is 0 Å². The summed E-state index contributed by atoms with van der Waals surface area (Å²) in [5, 5.41) is 13.5. The largest absolute Gasteiger partial charge is 0.480 e. The molecule has 3 heterocycles. The van der Waals surface area contributed by atoms with E-state index in [1.807, 2.05) is 6.07 Å². The molecule has 0 aromatic carbocycles. The summed E-state index contributed by atoms with van der Waals surface area (Å²) in [4.78, 5) is 27.8. The molecule has 110 valence electrons. The van der Waals surface area contributed by atoms with Gasteiger partial charge in [0.2, 0.25) is 0 Å². The lowest BCUT2D eigenvalue weighted by Crippen LogP contribution is -2.34. The van der Waals surface area contributed by atoms with Gasteiger partial charge in [-0.15, -0.1) is 0 Å². The van der Waals surface area contributed by atoms with E-state index in [0.29, 0.717) is 24.4 Å². The third-order valence-corrected chi connectivity index (χ3v) is 3.99. The number of halogens is 1. The maximum atomic E-state index is 12.4. The monoisotopic (exact) mass is 352 g/mol. The van der Waals surface area contributed by atoms with Crippen molar-refractivity contribution in [3.8, 4) is 0 Å². The molecule has 0 saturated carbocycles. The Morgan fingerprint density at radius 1 is 1.48 bits per heavy atom. The zero-order valence-electron chi connectivity index (χ0n) is 11.1. The van der Waals surface area contributed by atoms with E-state index in [-0.39, 0.29) is 12.2 Å². The fourth-order valence-electron chi connectivity index (χ4n) is 2.52. The van der Waals surface area contributed by atoms with Crippen molar-refractivity contribution in [1.29, 1.82) is 0 Å². The molecule has 0 unspecified atom stereocenters. The van der Waals surface area contributed by atoms with Crippen molar-refractivity contribution in [3.05, 3.63) is 44.8 Å². The summed E-state index contributed by atoms with van der Waals surface area (Å²) in [5.41, 5.74) is 0.310. The van der Waals surface area contributed by atoms with E-state index in [1.165, 1.54) is 9.25 Å². The van der Waals surface area contributed by atoms with Gasteiger partial charge in [-0.3, -0.25) is 9.55 Å². The smallest absolute Gasteiger partial charge is 0.347 e. The first-order chi connectivity index (χ1) is 10.1. The molecule has 1 N–H and O–H groups in total. The quantitative estimate of drug-likeness (QED) is 0.896. The van der Waals surface area contributed by atoms with Gasteiger partial charge in [-0.25, -0.2) is 14.3 Å². The minimum absolute atomic E-state index is 0.235. The first-order valence-corrected chi connectivity index (χ1v) is 7.37. The summed E-state index contributed by atoms with van der Waals surface area (Å²) in [6.07, 6.45) is 3.46. The topological polar surface area (TPSA) is 90.0 Å². The summed E-state index contributed by atoms with van der Waals surface area (Å²) < 4.78 is 3.44. The highest BCUT2D eigenvalue weighted by Gasteiger charge is 2.30. The van der Waals surface area contributed by atoms with Crippen LogP contribution in [0, 0.1) is 0 Å². The molecule has 0 aliphatic carbocycles. The van der Waals surface area contributed by atoms with E-state index in [0.717, 1.165) is 10.9 Å². The van der Waals surface area contributed by atoms with Crippen LogP contribution < -0.4 is 5.69 Å². The van der Waals surface area contributed by atoms with Crippen LogP contribution in [-0.4, -0.2) is 30.4 Å². The predicted octanol–water partition coefficient (Wildman–Crippen LogP) is 1.21. The number of nitrogens with zero attached hydrogens (tertiary/aromatic N) is 4. The number of rotatable bonds is 3. The van der Waals surface area contributed by atoms with Gasteiger partial charge in [0.05, 0.1) is 12.2 Å². The summed E-state index contributed by atoms with van der Waals surface area (Å²) in [7, 11) is 0. The van der Waals surface area contributed by atoms with E-state index in [9.17, 15) is 14.7 Å². The maximum absolute atomic E-state index is 12.4. The van der Waals surface area contributed by atoms with Crippen LogP contribution in [0.2, 0.25) is 0 Å². The normalized spacial score (nSPS) is 17.5. The van der Waals surface area contributed by atoms with Crippen LogP contribution in [0.5, 0.6) is 0 Å². The summed E-state index contributed by atoms with van der Waals surface area (Å²) in [5.74, 6) is -0.449. The third-order valence-electron chi connectivity index (χ3n) is 3.52. The lowest BCUT2D eigenvalue weighted by molar-refractivity contribution is -0.141. The second-order valence-electron chi connectivity index (χ2n) is 4.94. The molecule has 0 radical (unpaired) electrons. The van der Waals surface area contributed by atoms with Gasteiger partial charge in [0, 0.05) is 17.1 Å². The van der Waals surface area contributed by atoms with Crippen molar-refractivity contribution in [3.63, 3.8) is 0 Å². The molecule has 3 rings (SSSR count). The summed E-state index contributed by atoms with van der Waals surface area (Å²) in [6.45, 7) is 0.235. The second-order valence-corrected chi connectivity index (χ2v) is 5.86. The van der Waals surface area contributed by atoms with Crippen molar-refractivity contribution < 1.29 is 9.90 Å². The van der Waals surface area contributed by atoms with Crippen LogP contribution in [0.15, 0.2) is 27.6 Å². The van der Waals surface area contributed by atoms with Gasteiger partial charge in [-0.1, -0.05) is 0 Å². The van der Waals surface area contributed by atoms with E-state index in [1.54, 1.807) is 12.3 Å². The SMILES string of the molecule is O=C(O)[C@@H]1CCCc2nn(Cc3ccc(Br)cn3)c(=O)n21. The molecule has 2 aromatic rings. The molecule has 0 saturated heterocycles. The van der Waals surface area contributed by atoms with E-state index in [2.05, 4.69) is 26.0 Å². The molecule has 1 aliphatic rings. The lowest BCUT2D eigenvalue weighted by Gasteiger charge is -2.19. The number of pyridine rings is 1. The van der Waals surface area contributed by atoms with Crippen LogP contribution >= 0.6 is 15.9 Å². The molecule has 0 spiro atoms. The Balaban J connectivity index is 1.96. The Morgan fingerprint density at radius 2 is 2.29 bits per heavy atom. The van der Waals surface area contributed by atoms with Crippen molar-refractivity contribution in [2.75, 3.05) is 0 Å². The molecule has 0 fully saturated rings. The van der Waals surface area contributed by atoms with E-state index < -0.39 is 12.0 Å². The highest BCUT2D eigenvalue weighted by molar-refractivity contribution is 9.10. The highest BCUT2D eigenvalue weighted by atomic mass is 79.9. The van der Waals surface area contributed by atoms with Gasteiger partial charge in [0.25, 0.3) is 0 Å². The number of fused-ring (bicyclic) bond motifs is 1. The van der Waals surface area contributed by atoms with Crippen LogP contribution in [0.4, 0.5) is 0 Å². The van der Waals surface area contributed by atoms with Gasteiger partial charge in [0.15, 0.2) is 0 Å². The number of carboxylic acid groups (broad SMARTS) is 1. The number of carbonyl (C=O) groups is 1. The Morgan fingerprint density at radius 3 is 2.95 bits per heavy atom. The van der Waals surface area contributed by atoms with Gasteiger partial charge in [-0.2, -0.15) is 5.10 Å². The molecule has 2 aromatic heterocycles. The predicted molar refractivity (Wildman–Crippen MR) is 77.1 cm³/mol. The number of carboxylic acids is 1. The fraction of sp³-hybridized carbons (Fsp3) is 0.385. The van der Waals surface area contributed by atoms with Gasteiger partial charge in [-0.05, 0) is 40.9 Å². The lowest BCUT2D eigenvalue weighted by atomic mass is 10.1. The zero-order valence-corrected chi connectivity index (χ0v) is 12.7. The molecule has 8 heteroatoms. The molecule has 1 atom stereocenters. The molecule has 21 heavy (non-hydrogen) atoms. The molecule has 1 aliphatic heterocycles. The Kier molecular flexibility index (Phi) is 3.62. The minimum Gasteiger partial charge on any atom is -0.480 e. The molecule has 7 nitrogen and oxygen atoms in total. The van der Waals surface area contributed by atoms with E-state index in [4.69, 9.17) is 0 Å². The van der Waals surface area contributed by atoms with E-state index >= 15 is 0 Å². The standard InChI is InChI=1S/C13H13BrN4O3/c14-8-4-5-9(15-6-8)7-17-13(21)18-10(12(19)20)2-1-3-11(18)16-17/h4-6,10H,1-3,7H2,(H,19,20)/t10-/m0/s1. The fourth-order valence-corrected chi connectivity index (χ4v) is 2.76. The second kappa shape index (κ2) is 5.44. The van der Waals surface area contributed by atoms with Gasteiger partial charge < -0.3 is 5.11 Å². The average Bonchev–Trinajstić information content (AvgIpc) is 2.78. The number of hydrogen-bond donors (Lipinski definition) is 1.